The summed E-state index contributed by atoms with van der Waals surface area (Å²) in [6, 6.07) is 2.38. The van der Waals surface area contributed by atoms with Gasteiger partial charge in [0, 0.05) is 10.9 Å². The van der Waals surface area contributed by atoms with Gasteiger partial charge in [0.05, 0.1) is 11.1 Å². The Morgan fingerprint density at radius 3 is 2.95 bits per heavy atom. The van der Waals surface area contributed by atoms with Crippen molar-refractivity contribution >= 4 is 37.4 Å². The van der Waals surface area contributed by atoms with Crippen LogP contribution in [0.4, 0.5) is 5.82 Å². The Kier molecular flexibility index (Phi) is 4.33. The molecule has 0 spiro atoms. The normalized spacial score (nSPS) is 22.3. The molecule has 0 aliphatic heterocycles. The molecule has 6 nitrogen and oxygen atoms in total. The largest absolute Gasteiger partial charge is 0.367 e. The van der Waals surface area contributed by atoms with Gasteiger partial charge in [0.1, 0.15) is 17.0 Å². The number of aryl methyl sites for hydroxylation is 1. The maximum atomic E-state index is 11.2. The molecule has 3 rings (SSSR count). The third-order valence-electron chi connectivity index (χ3n) is 4.08. The molecule has 1 saturated carbocycles. The van der Waals surface area contributed by atoms with E-state index in [0.717, 1.165) is 41.7 Å². The molecule has 22 heavy (non-hydrogen) atoms. The Labute approximate surface area is 134 Å². The predicted octanol–water partition coefficient (Wildman–Crippen LogP) is 2.12. The third kappa shape index (κ3) is 3.56. The molecule has 3 N–H and O–H groups in total. The third-order valence-corrected chi connectivity index (χ3v) is 6.20. The lowest BCUT2D eigenvalue weighted by atomic mass is 10.1. The molecule has 2 aromatic rings. The summed E-state index contributed by atoms with van der Waals surface area (Å²) in [5, 5.41) is 9.65. The number of sulfonamides is 1. The lowest BCUT2D eigenvalue weighted by Crippen LogP contribution is -2.23. The summed E-state index contributed by atoms with van der Waals surface area (Å²) in [5.41, 5.74) is 0. The van der Waals surface area contributed by atoms with Gasteiger partial charge in [0.15, 0.2) is 0 Å². The highest BCUT2D eigenvalue weighted by molar-refractivity contribution is 7.89. The van der Waals surface area contributed by atoms with Crippen LogP contribution in [0.15, 0.2) is 12.4 Å². The van der Waals surface area contributed by atoms with E-state index in [2.05, 4.69) is 28.3 Å². The SMILES string of the molecule is CCc1cc2c(N[C@@H]3CC[C@H](CS(N)(=O)=O)C3)ncnc2s1. The van der Waals surface area contributed by atoms with Crippen molar-refractivity contribution in [1.82, 2.24) is 9.97 Å². The minimum Gasteiger partial charge on any atom is -0.367 e. The van der Waals surface area contributed by atoms with Crippen LogP contribution in [-0.4, -0.2) is 30.2 Å². The Hall–Kier alpha value is -1.25. The van der Waals surface area contributed by atoms with E-state index in [4.69, 9.17) is 5.14 Å². The summed E-state index contributed by atoms with van der Waals surface area (Å²) >= 11 is 1.69. The van der Waals surface area contributed by atoms with Crippen molar-refractivity contribution in [1.29, 1.82) is 0 Å². The Morgan fingerprint density at radius 1 is 1.41 bits per heavy atom. The first-order chi connectivity index (χ1) is 10.4. The van der Waals surface area contributed by atoms with Gasteiger partial charge in [-0.05, 0) is 37.7 Å². The van der Waals surface area contributed by atoms with Crippen molar-refractivity contribution in [3.63, 3.8) is 0 Å². The van der Waals surface area contributed by atoms with Gasteiger partial charge in [-0.15, -0.1) is 11.3 Å². The fraction of sp³-hybridized carbons (Fsp3) is 0.571. The standard InChI is InChI=1S/C14H20N4O2S2/c1-2-11-6-12-13(16-8-17-14(12)21-11)18-10-4-3-9(5-10)7-22(15,19)20/h6,8-10H,2-5,7H2,1H3,(H2,15,19,20)(H,16,17,18)/t9-,10+/m0/s1. The zero-order valence-electron chi connectivity index (χ0n) is 12.4. The molecule has 1 aliphatic rings. The highest BCUT2D eigenvalue weighted by Crippen LogP contribution is 2.32. The van der Waals surface area contributed by atoms with Gasteiger partial charge in [-0.25, -0.2) is 23.5 Å². The smallest absolute Gasteiger partial charge is 0.209 e. The van der Waals surface area contributed by atoms with Crippen LogP contribution in [0.3, 0.4) is 0 Å². The number of nitrogens with zero attached hydrogens (tertiary/aromatic N) is 2. The summed E-state index contributed by atoms with van der Waals surface area (Å²) < 4.78 is 22.4. The average molecular weight is 340 g/mol. The molecule has 0 amide bonds. The molecule has 1 aliphatic carbocycles. The number of nitrogens with two attached hydrogens (primary N) is 1. The van der Waals surface area contributed by atoms with Crippen molar-refractivity contribution in [2.45, 2.75) is 38.6 Å². The number of hydrogen-bond acceptors (Lipinski definition) is 6. The van der Waals surface area contributed by atoms with Crippen LogP contribution < -0.4 is 10.5 Å². The van der Waals surface area contributed by atoms with Crippen LogP contribution in [0.5, 0.6) is 0 Å². The van der Waals surface area contributed by atoms with Crippen LogP contribution in [-0.2, 0) is 16.4 Å². The summed E-state index contributed by atoms with van der Waals surface area (Å²) in [5.74, 6) is 1.06. The first-order valence-corrected chi connectivity index (χ1v) is 9.98. The van der Waals surface area contributed by atoms with Crippen molar-refractivity contribution in [3.8, 4) is 0 Å². The number of fused-ring (bicyclic) bond motifs is 1. The lowest BCUT2D eigenvalue weighted by Gasteiger charge is -2.14. The van der Waals surface area contributed by atoms with E-state index in [9.17, 15) is 8.42 Å². The van der Waals surface area contributed by atoms with E-state index in [0.29, 0.717) is 0 Å². The second-order valence-electron chi connectivity index (χ2n) is 5.86. The van der Waals surface area contributed by atoms with Crippen LogP contribution in [0.2, 0.25) is 0 Å². The molecule has 120 valence electrons. The number of nitrogens with one attached hydrogen (secondary N) is 1. The molecule has 1 fully saturated rings. The molecular formula is C14H20N4O2S2. The van der Waals surface area contributed by atoms with Crippen molar-refractivity contribution in [2.24, 2.45) is 11.1 Å². The molecule has 0 aromatic carbocycles. The molecule has 0 unspecified atom stereocenters. The van der Waals surface area contributed by atoms with Crippen molar-refractivity contribution < 1.29 is 8.42 Å². The lowest BCUT2D eigenvalue weighted by molar-refractivity contribution is 0.557. The second kappa shape index (κ2) is 6.10. The predicted molar refractivity (Wildman–Crippen MR) is 89.5 cm³/mol. The monoisotopic (exact) mass is 340 g/mol. The minimum atomic E-state index is -3.39. The Bertz CT molecular complexity index is 772. The van der Waals surface area contributed by atoms with E-state index in [1.807, 2.05) is 0 Å². The fourth-order valence-electron chi connectivity index (χ4n) is 3.07. The van der Waals surface area contributed by atoms with E-state index in [-0.39, 0.29) is 17.7 Å². The molecule has 2 aromatic heterocycles. The zero-order valence-corrected chi connectivity index (χ0v) is 14.1. The Morgan fingerprint density at radius 2 is 2.23 bits per heavy atom. The van der Waals surface area contributed by atoms with Crippen molar-refractivity contribution in [3.05, 3.63) is 17.3 Å². The van der Waals surface area contributed by atoms with Gasteiger partial charge in [-0.1, -0.05) is 6.92 Å². The average Bonchev–Trinajstić information content (AvgIpc) is 3.04. The summed E-state index contributed by atoms with van der Waals surface area (Å²) in [6.07, 6.45) is 5.20. The summed E-state index contributed by atoms with van der Waals surface area (Å²) in [6.45, 7) is 2.13. The quantitative estimate of drug-likeness (QED) is 0.869. The van der Waals surface area contributed by atoms with E-state index in [1.165, 1.54) is 4.88 Å². The van der Waals surface area contributed by atoms with Gasteiger partial charge >= 0.3 is 0 Å². The summed E-state index contributed by atoms with van der Waals surface area (Å²) in [4.78, 5) is 11.0. The first-order valence-electron chi connectivity index (χ1n) is 7.45. The minimum absolute atomic E-state index is 0.0722. The number of thiophene rings is 1. The van der Waals surface area contributed by atoms with Crippen LogP contribution >= 0.6 is 11.3 Å². The topological polar surface area (TPSA) is 98.0 Å². The molecule has 0 saturated heterocycles. The van der Waals surface area contributed by atoms with Gasteiger partial charge in [0.25, 0.3) is 0 Å². The molecular weight excluding hydrogens is 320 g/mol. The van der Waals surface area contributed by atoms with E-state index in [1.54, 1.807) is 17.7 Å². The first kappa shape index (κ1) is 15.6. The van der Waals surface area contributed by atoms with Crippen LogP contribution in [0.1, 0.15) is 31.1 Å². The molecule has 2 heterocycles. The van der Waals surface area contributed by atoms with Crippen LogP contribution in [0, 0.1) is 5.92 Å². The second-order valence-corrected chi connectivity index (χ2v) is 8.63. The maximum Gasteiger partial charge on any atom is 0.209 e. The van der Waals surface area contributed by atoms with E-state index >= 15 is 0 Å². The van der Waals surface area contributed by atoms with E-state index < -0.39 is 10.0 Å². The number of primary sulfonamides is 1. The zero-order chi connectivity index (χ0) is 15.7. The highest BCUT2D eigenvalue weighted by atomic mass is 32.2. The van der Waals surface area contributed by atoms with Gasteiger partial charge in [0.2, 0.25) is 10.0 Å². The fourth-order valence-corrected chi connectivity index (χ4v) is 4.97. The number of hydrogen-bond donors (Lipinski definition) is 2. The highest BCUT2D eigenvalue weighted by Gasteiger charge is 2.28. The number of rotatable bonds is 5. The van der Waals surface area contributed by atoms with Gasteiger partial charge < -0.3 is 5.32 Å². The van der Waals surface area contributed by atoms with Gasteiger partial charge in [-0.2, -0.15) is 0 Å². The molecule has 8 heteroatoms. The summed E-state index contributed by atoms with van der Waals surface area (Å²) in [7, 11) is -3.39. The van der Waals surface area contributed by atoms with Gasteiger partial charge in [-0.3, -0.25) is 0 Å². The maximum absolute atomic E-state index is 11.2. The molecule has 2 atom stereocenters. The number of anilines is 1. The molecule has 0 radical (unpaired) electrons. The number of aromatic nitrogens is 2. The van der Waals surface area contributed by atoms with Crippen molar-refractivity contribution in [2.75, 3.05) is 11.1 Å². The Balaban J connectivity index is 1.73. The van der Waals surface area contributed by atoms with Crippen LogP contribution in [0.25, 0.3) is 10.2 Å². The molecule has 0 bridgehead atoms.